The molecule has 1 unspecified atom stereocenters. The Morgan fingerprint density at radius 3 is 1.59 bits per heavy atom. The molecule has 162 valence electrons. The lowest BCUT2D eigenvalue weighted by molar-refractivity contribution is -0.151. The zero-order valence-electron chi connectivity index (χ0n) is 19.4. The Morgan fingerprint density at radius 1 is 0.704 bits per heavy atom. The summed E-state index contributed by atoms with van der Waals surface area (Å²) in [5.74, 6) is 0.667. The van der Waals surface area contributed by atoms with Gasteiger partial charge in [0, 0.05) is 0 Å². The summed E-state index contributed by atoms with van der Waals surface area (Å²) in [5, 5.41) is 0. The minimum absolute atomic E-state index is 0.149. The highest BCUT2D eigenvalue weighted by atomic mass is 28.2. The minimum atomic E-state index is -0.203. The van der Waals surface area contributed by atoms with Gasteiger partial charge in [0.1, 0.15) is 0 Å². The van der Waals surface area contributed by atoms with Crippen molar-refractivity contribution in [3.05, 3.63) is 0 Å². The fourth-order valence-electron chi connectivity index (χ4n) is 4.70. The zero-order valence-corrected chi connectivity index (χ0v) is 21.4. The van der Waals surface area contributed by atoms with E-state index in [0.29, 0.717) is 16.4 Å². The lowest BCUT2D eigenvalue weighted by Crippen LogP contribution is -2.40. The van der Waals surface area contributed by atoms with Gasteiger partial charge in [-0.2, -0.15) is 0 Å². The van der Waals surface area contributed by atoms with Crippen molar-refractivity contribution >= 4 is 16.5 Å². The van der Waals surface area contributed by atoms with E-state index in [1.807, 2.05) is 0 Å². The Hall–Kier alpha value is -0.313. The van der Waals surface area contributed by atoms with Crippen LogP contribution in [-0.2, 0) is 9.22 Å². The molecule has 0 spiro atoms. The first-order valence-corrected chi connectivity index (χ1v) is 13.0. The van der Waals surface area contributed by atoms with E-state index in [9.17, 15) is 4.79 Å². The third-order valence-electron chi connectivity index (χ3n) is 6.37. The fourth-order valence-corrected chi connectivity index (χ4v) is 5.11. The van der Waals surface area contributed by atoms with Crippen LogP contribution in [0.15, 0.2) is 0 Å². The molecule has 0 amide bonds. The van der Waals surface area contributed by atoms with E-state index in [0.717, 1.165) is 12.8 Å². The molecule has 0 fully saturated rings. The van der Waals surface area contributed by atoms with Gasteiger partial charge < -0.3 is 4.43 Å². The lowest BCUT2D eigenvalue weighted by atomic mass is 9.65. The van der Waals surface area contributed by atoms with Crippen LogP contribution < -0.4 is 0 Å². The average Bonchev–Trinajstić information content (AvgIpc) is 2.69. The molecule has 3 heteroatoms. The Bertz CT molecular complexity index is 331. The highest BCUT2D eigenvalue weighted by molar-refractivity contribution is 6.06. The van der Waals surface area contributed by atoms with Gasteiger partial charge in [0.05, 0.1) is 5.41 Å². The SMILES string of the molecule is CCCCCCC(CCC)C(CCCCCC)(CCCCCC)C(=O)O[SiH3]. The monoisotopic (exact) mass is 398 g/mol. The highest BCUT2D eigenvalue weighted by Crippen LogP contribution is 2.45. The molecule has 0 aliphatic heterocycles. The molecule has 0 aliphatic rings. The van der Waals surface area contributed by atoms with Gasteiger partial charge in [-0.05, 0) is 31.6 Å². The average molecular weight is 399 g/mol. The lowest BCUT2D eigenvalue weighted by Gasteiger charge is -2.39. The maximum Gasteiger partial charge on any atom is 0.298 e. The molecule has 0 bridgehead atoms. The topological polar surface area (TPSA) is 26.3 Å². The second-order valence-corrected chi connectivity index (χ2v) is 9.01. The van der Waals surface area contributed by atoms with E-state index >= 15 is 0 Å². The number of hydrogen-bond acceptors (Lipinski definition) is 2. The standard InChI is InChI=1S/C24H50O2Si/c1-5-9-12-15-19-22(18-8-4)24(23(25)26-27,20-16-13-10-6-2)21-17-14-11-7-3/h22H,5-21H2,1-4,27H3. The molecule has 0 heterocycles. The van der Waals surface area contributed by atoms with E-state index in [1.165, 1.54) is 96.3 Å². The maximum absolute atomic E-state index is 13.2. The first kappa shape index (κ1) is 26.7. The third-order valence-corrected chi connectivity index (χ3v) is 6.74. The second kappa shape index (κ2) is 17.8. The molecule has 1 atom stereocenters. The summed E-state index contributed by atoms with van der Waals surface area (Å²) in [5.41, 5.74) is -0.203. The van der Waals surface area contributed by atoms with Gasteiger partial charge in [0.25, 0.3) is 5.97 Å². The minimum Gasteiger partial charge on any atom is -0.528 e. The first-order valence-electron chi connectivity index (χ1n) is 12.2. The van der Waals surface area contributed by atoms with Crippen LogP contribution in [0, 0.1) is 11.3 Å². The maximum atomic E-state index is 13.2. The van der Waals surface area contributed by atoms with Crippen molar-refractivity contribution < 1.29 is 9.22 Å². The molecule has 0 N–H and O–H groups in total. The van der Waals surface area contributed by atoms with Crippen molar-refractivity contribution in [1.29, 1.82) is 0 Å². The molecule has 0 saturated carbocycles. The second-order valence-electron chi connectivity index (χ2n) is 8.60. The molecule has 2 nitrogen and oxygen atoms in total. The van der Waals surface area contributed by atoms with Crippen molar-refractivity contribution in [3.8, 4) is 0 Å². The van der Waals surface area contributed by atoms with Gasteiger partial charge in [-0.15, -0.1) is 0 Å². The van der Waals surface area contributed by atoms with Crippen LogP contribution in [0.1, 0.15) is 137 Å². The number of unbranched alkanes of at least 4 members (excludes halogenated alkanes) is 9. The van der Waals surface area contributed by atoms with Crippen molar-refractivity contribution in [1.82, 2.24) is 0 Å². The van der Waals surface area contributed by atoms with Crippen LogP contribution >= 0.6 is 0 Å². The molecule has 0 aromatic rings. The quantitative estimate of drug-likeness (QED) is 0.171. The van der Waals surface area contributed by atoms with Gasteiger partial charge in [-0.3, -0.25) is 4.79 Å². The predicted octanol–water partition coefficient (Wildman–Crippen LogP) is 7.12. The summed E-state index contributed by atoms with van der Waals surface area (Å²) >= 11 is 0. The number of carbonyl (C=O) groups is 1. The van der Waals surface area contributed by atoms with Crippen molar-refractivity contribution in [2.45, 2.75) is 137 Å². The molecule has 0 aromatic carbocycles. The molecule has 27 heavy (non-hydrogen) atoms. The van der Waals surface area contributed by atoms with Crippen molar-refractivity contribution in [2.24, 2.45) is 11.3 Å². The molecule has 0 saturated heterocycles. The smallest absolute Gasteiger partial charge is 0.298 e. The van der Waals surface area contributed by atoms with Gasteiger partial charge in [-0.1, -0.05) is 111 Å². The molecule has 0 aromatic heterocycles. The molecular formula is C24H50O2Si. The van der Waals surface area contributed by atoms with Crippen LogP contribution in [-0.4, -0.2) is 16.5 Å². The van der Waals surface area contributed by atoms with E-state index in [2.05, 4.69) is 27.7 Å². The Labute approximate surface area is 174 Å². The van der Waals surface area contributed by atoms with Gasteiger partial charge in [-0.25, -0.2) is 0 Å². The van der Waals surface area contributed by atoms with Crippen LogP contribution in [0.2, 0.25) is 0 Å². The van der Waals surface area contributed by atoms with Crippen molar-refractivity contribution in [2.75, 3.05) is 0 Å². The normalized spacial score (nSPS) is 13.0. The third kappa shape index (κ3) is 10.7. The summed E-state index contributed by atoms with van der Waals surface area (Å²) in [6.45, 7) is 9.08. The Kier molecular flexibility index (Phi) is 17.6. The summed E-state index contributed by atoms with van der Waals surface area (Å²) in [7, 11) is 0.530. The number of hydrogen-bond donors (Lipinski definition) is 0. The Balaban J connectivity index is 5.32. The van der Waals surface area contributed by atoms with Gasteiger partial charge in [0.2, 0.25) is 10.5 Å². The fraction of sp³-hybridized carbons (Fsp3) is 0.958. The highest BCUT2D eigenvalue weighted by Gasteiger charge is 2.44. The van der Waals surface area contributed by atoms with E-state index in [1.54, 1.807) is 0 Å². The largest absolute Gasteiger partial charge is 0.528 e. The van der Waals surface area contributed by atoms with Crippen LogP contribution in [0.3, 0.4) is 0 Å². The van der Waals surface area contributed by atoms with Crippen molar-refractivity contribution in [3.63, 3.8) is 0 Å². The van der Waals surface area contributed by atoms with E-state index in [4.69, 9.17) is 4.43 Å². The van der Waals surface area contributed by atoms with Gasteiger partial charge in [0.15, 0.2) is 0 Å². The number of rotatable bonds is 19. The van der Waals surface area contributed by atoms with E-state index in [-0.39, 0.29) is 11.4 Å². The van der Waals surface area contributed by atoms with E-state index < -0.39 is 0 Å². The summed E-state index contributed by atoms with van der Waals surface area (Å²) in [6.07, 6.45) is 20.9. The molecule has 0 radical (unpaired) electrons. The molecule has 0 rings (SSSR count). The molecule has 0 aliphatic carbocycles. The van der Waals surface area contributed by atoms with Gasteiger partial charge >= 0.3 is 0 Å². The molecular weight excluding hydrogens is 348 g/mol. The zero-order chi connectivity index (χ0) is 20.4. The summed E-state index contributed by atoms with van der Waals surface area (Å²) in [6, 6.07) is 0. The number of carbonyl (C=O) groups excluding carboxylic acids is 1. The Morgan fingerprint density at radius 2 is 1.19 bits per heavy atom. The van der Waals surface area contributed by atoms with Crippen LogP contribution in [0.25, 0.3) is 0 Å². The van der Waals surface area contributed by atoms with Crippen LogP contribution in [0.4, 0.5) is 0 Å². The van der Waals surface area contributed by atoms with Crippen LogP contribution in [0.5, 0.6) is 0 Å². The predicted molar refractivity (Wildman–Crippen MR) is 123 cm³/mol. The first-order chi connectivity index (χ1) is 13.1. The summed E-state index contributed by atoms with van der Waals surface area (Å²) < 4.78 is 5.58. The summed E-state index contributed by atoms with van der Waals surface area (Å²) in [4.78, 5) is 13.2.